The van der Waals surface area contributed by atoms with Crippen molar-refractivity contribution >= 4 is 14.5 Å². The van der Waals surface area contributed by atoms with Crippen LogP contribution < -0.4 is 0 Å². The molecule has 0 aliphatic heterocycles. The Balaban J connectivity index is 2.48. The van der Waals surface area contributed by atoms with E-state index in [0.717, 1.165) is 10.3 Å². The quantitative estimate of drug-likeness (QED) is 0.647. The summed E-state index contributed by atoms with van der Waals surface area (Å²) >= 11 is 0.387. The van der Waals surface area contributed by atoms with Gasteiger partial charge in [-0.1, -0.05) is 0 Å². The van der Waals surface area contributed by atoms with E-state index in [4.69, 9.17) is 4.42 Å². The Morgan fingerprint density at radius 2 is 2.50 bits per heavy atom. The van der Waals surface area contributed by atoms with E-state index in [1.807, 2.05) is 18.3 Å². The van der Waals surface area contributed by atoms with Gasteiger partial charge in [-0.25, -0.2) is 0 Å². The molecule has 2 aromatic rings. The zero-order chi connectivity index (χ0) is 6.81. The van der Waals surface area contributed by atoms with Crippen molar-refractivity contribution in [2.24, 2.45) is 0 Å². The van der Waals surface area contributed by atoms with Gasteiger partial charge in [-0.05, 0) is 0 Å². The van der Waals surface area contributed by atoms with E-state index in [1.54, 1.807) is 6.26 Å². The van der Waals surface area contributed by atoms with Crippen LogP contribution in [0.3, 0.4) is 0 Å². The Labute approximate surface area is 64.3 Å². The first kappa shape index (κ1) is 5.95. The van der Waals surface area contributed by atoms with E-state index in [0.29, 0.717) is 14.5 Å². The maximum absolute atomic E-state index is 5.16. The van der Waals surface area contributed by atoms with Crippen molar-refractivity contribution in [3.05, 3.63) is 29.5 Å². The minimum absolute atomic E-state index is 0.387. The van der Waals surface area contributed by atoms with Gasteiger partial charge in [0.1, 0.15) is 0 Å². The molecule has 50 valence electrons. The summed E-state index contributed by atoms with van der Waals surface area (Å²) in [7, 11) is 0. The van der Waals surface area contributed by atoms with Crippen LogP contribution in [0.5, 0.6) is 0 Å². The van der Waals surface area contributed by atoms with Gasteiger partial charge in [-0.3, -0.25) is 0 Å². The molecule has 2 rings (SSSR count). The van der Waals surface area contributed by atoms with Crippen LogP contribution in [0.25, 0.3) is 10.3 Å². The van der Waals surface area contributed by atoms with Crippen LogP contribution in [0.15, 0.2) is 34.0 Å². The Bertz CT molecular complexity index is 253. The van der Waals surface area contributed by atoms with Crippen LogP contribution in [0.4, 0.5) is 0 Å². The molecule has 2 aromatic heterocycles. The van der Waals surface area contributed by atoms with Crippen molar-refractivity contribution in [3.63, 3.8) is 0 Å². The molecule has 0 aliphatic rings. The van der Waals surface area contributed by atoms with Crippen LogP contribution in [-0.4, -0.2) is 19.5 Å². The second kappa shape index (κ2) is 2.45. The van der Waals surface area contributed by atoms with Crippen molar-refractivity contribution in [1.82, 2.24) is 4.98 Å². The van der Waals surface area contributed by atoms with Gasteiger partial charge in [-0.15, -0.1) is 0 Å². The van der Waals surface area contributed by atoms with Crippen molar-refractivity contribution in [1.29, 1.82) is 0 Å². The fourth-order valence-electron chi connectivity index (χ4n) is 0.745. The number of hydrogen-bond acceptors (Lipinski definition) is 2. The first-order valence-electron chi connectivity index (χ1n) is 2.90. The van der Waals surface area contributed by atoms with Crippen LogP contribution >= 0.6 is 0 Å². The van der Waals surface area contributed by atoms with Crippen LogP contribution in [-0.2, 0) is 0 Å². The molecule has 0 amide bonds. The third-order valence-corrected chi connectivity index (χ3v) is 2.82. The Morgan fingerprint density at radius 3 is 3.10 bits per heavy atom. The van der Waals surface area contributed by atoms with Gasteiger partial charge in [0.2, 0.25) is 0 Å². The molecule has 2 nitrogen and oxygen atoms in total. The fourth-order valence-corrected chi connectivity index (χ4v) is 2.01. The zero-order valence-corrected chi connectivity index (χ0v) is 6.86. The molecule has 0 unspecified atom stereocenters. The van der Waals surface area contributed by atoms with Crippen molar-refractivity contribution in [2.45, 2.75) is 0 Å². The molecule has 2 heterocycles. The molecule has 10 heavy (non-hydrogen) atoms. The summed E-state index contributed by atoms with van der Waals surface area (Å²) in [6.45, 7) is 0. The average molecular weight is 198 g/mol. The van der Waals surface area contributed by atoms with E-state index in [1.165, 1.54) is 0 Å². The molecule has 0 N–H and O–H groups in total. The van der Waals surface area contributed by atoms with Crippen molar-refractivity contribution < 1.29 is 4.42 Å². The first-order chi connectivity index (χ1) is 4.97. The molecule has 3 heteroatoms. The van der Waals surface area contributed by atoms with E-state index < -0.39 is 0 Å². The molecular weight excluding hydrogens is 193 g/mol. The third-order valence-electron chi connectivity index (χ3n) is 1.16. The van der Waals surface area contributed by atoms with Gasteiger partial charge in [0.15, 0.2) is 0 Å². The predicted octanol–water partition coefficient (Wildman–Crippen LogP) is 1.40. The predicted molar refractivity (Wildman–Crippen MR) is 38.9 cm³/mol. The van der Waals surface area contributed by atoms with Crippen LogP contribution in [0.1, 0.15) is 0 Å². The number of aromatic nitrogens is 1. The summed E-state index contributed by atoms with van der Waals surface area (Å²) in [6.07, 6.45) is 3.50. The second-order valence-electron chi connectivity index (χ2n) is 1.81. The minimum atomic E-state index is 0.387. The van der Waals surface area contributed by atoms with Gasteiger partial charge in [-0.2, -0.15) is 0 Å². The second-order valence-corrected chi connectivity index (χ2v) is 3.69. The maximum atomic E-state index is 5.16. The summed E-state index contributed by atoms with van der Waals surface area (Å²) < 4.78 is 6.24. The summed E-state index contributed by atoms with van der Waals surface area (Å²) in [5.41, 5.74) is 0. The van der Waals surface area contributed by atoms with E-state index >= 15 is 0 Å². The van der Waals surface area contributed by atoms with Gasteiger partial charge < -0.3 is 0 Å². The SMILES string of the molecule is c1coc(-c2ncc[se]2)c1. The Kier molecular flexibility index (Phi) is 1.46. The Morgan fingerprint density at radius 1 is 1.50 bits per heavy atom. The zero-order valence-electron chi connectivity index (χ0n) is 5.15. The summed E-state index contributed by atoms with van der Waals surface area (Å²) in [6, 6.07) is 3.82. The van der Waals surface area contributed by atoms with Crippen LogP contribution in [0.2, 0.25) is 0 Å². The standard InChI is InChI=1S/C7H5NOSe/c1-2-6(9-4-1)7-8-3-5-10-7/h1-5H. The summed E-state index contributed by atoms with van der Waals surface area (Å²) in [5.74, 6) is 0.907. The number of hydrogen-bond donors (Lipinski definition) is 0. The average Bonchev–Trinajstić information content (AvgIpc) is 2.59. The molecule has 0 atom stereocenters. The number of nitrogens with zero attached hydrogens (tertiary/aromatic N) is 1. The molecule has 0 aromatic carbocycles. The van der Waals surface area contributed by atoms with Gasteiger partial charge in [0, 0.05) is 0 Å². The van der Waals surface area contributed by atoms with Crippen LogP contribution in [0, 0.1) is 0 Å². The molecule has 0 saturated carbocycles. The summed E-state index contributed by atoms with van der Waals surface area (Å²) in [4.78, 5) is 6.22. The van der Waals surface area contributed by atoms with E-state index in [2.05, 4.69) is 9.92 Å². The Hall–Kier alpha value is -0.791. The number of rotatable bonds is 1. The van der Waals surface area contributed by atoms with E-state index in [-0.39, 0.29) is 0 Å². The molecule has 0 fully saturated rings. The topological polar surface area (TPSA) is 26.0 Å². The normalized spacial score (nSPS) is 10.0. The molecular formula is C7H5NOSe. The van der Waals surface area contributed by atoms with Gasteiger partial charge in [0.25, 0.3) is 0 Å². The van der Waals surface area contributed by atoms with Crippen molar-refractivity contribution in [2.75, 3.05) is 0 Å². The van der Waals surface area contributed by atoms with Gasteiger partial charge >= 0.3 is 63.8 Å². The molecule has 0 bridgehead atoms. The van der Waals surface area contributed by atoms with E-state index in [9.17, 15) is 0 Å². The van der Waals surface area contributed by atoms with Gasteiger partial charge in [0.05, 0.1) is 0 Å². The fraction of sp³-hybridized carbons (Fsp3) is 0. The first-order valence-corrected chi connectivity index (χ1v) is 4.75. The summed E-state index contributed by atoms with van der Waals surface area (Å²) in [5, 5.41) is 0. The molecule has 0 radical (unpaired) electrons. The monoisotopic (exact) mass is 199 g/mol. The molecule has 0 aliphatic carbocycles. The number of furan rings is 1. The van der Waals surface area contributed by atoms with Crippen molar-refractivity contribution in [3.8, 4) is 10.3 Å². The third kappa shape index (κ3) is 0.939. The molecule has 0 saturated heterocycles. The molecule has 0 spiro atoms.